The number of amidine groups is 1. The van der Waals surface area contributed by atoms with E-state index in [-0.39, 0.29) is 5.84 Å². The van der Waals surface area contributed by atoms with Gasteiger partial charge in [0.1, 0.15) is 5.69 Å². The highest BCUT2D eigenvalue weighted by molar-refractivity contribution is 9.10. The maximum atomic E-state index is 8.55. The summed E-state index contributed by atoms with van der Waals surface area (Å²) in [7, 11) is 0. The molecule has 2 rings (SSSR count). The van der Waals surface area contributed by atoms with E-state index in [1.54, 1.807) is 35.4 Å². The quantitative estimate of drug-likeness (QED) is 0.374. The fourth-order valence-corrected chi connectivity index (χ4v) is 1.48. The SMILES string of the molecule is NC(=NO)c1cc(-n2cc(Br)cn2)ccn1. The van der Waals surface area contributed by atoms with Crippen LogP contribution in [0.3, 0.4) is 0 Å². The van der Waals surface area contributed by atoms with Crippen molar-refractivity contribution in [1.82, 2.24) is 14.8 Å². The molecule has 2 aromatic heterocycles. The van der Waals surface area contributed by atoms with Crippen molar-refractivity contribution in [3.63, 3.8) is 0 Å². The topological polar surface area (TPSA) is 89.3 Å². The first-order valence-electron chi connectivity index (χ1n) is 4.35. The lowest BCUT2D eigenvalue weighted by atomic mass is 10.3. The number of hydrogen-bond acceptors (Lipinski definition) is 4. The van der Waals surface area contributed by atoms with Gasteiger partial charge in [0.15, 0.2) is 5.84 Å². The van der Waals surface area contributed by atoms with Gasteiger partial charge < -0.3 is 10.9 Å². The zero-order valence-electron chi connectivity index (χ0n) is 8.08. The lowest BCUT2D eigenvalue weighted by Crippen LogP contribution is -2.15. The lowest BCUT2D eigenvalue weighted by Gasteiger charge is -2.02. The Morgan fingerprint density at radius 1 is 1.56 bits per heavy atom. The van der Waals surface area contributed by atoms with Crippen LogP contribution in [0.2, 0.25) is 0 Å². The molecule has 0 unspecified atom stereocenters. The van der Waals surface area contributed by atoms with Gasteiger partial charge in [-0.1, -0.05) is 5.16 Å². The summed E-state index contributed by atoms with van der Waals surface area (Å²) >= 11 is 3.30. The second-order valence-electron chi connectivity index (χ2n) is 2.99. The molecule has 2 aromatic rings. The van der Waals surface area contributed by atoms with E-state index < -0.39 is 0 Å². The summed E-state index contributed by atoms with van der Waals surface area (Å²) in [6.07, 6.45) is 5.03. The molecule has 6 nitrogen and oxygen atoms in total. The molecule has 0 aliphatic carbocycles. The molecule has 0 saturated carbocycles. The van der Waals surface area contributed by atoms with E-state index in [4.69, 9.17) is 10.9 Å². The molecular weight excluding hydrogens is 274 g/mol. The van der Waals surface area contributed by atoms with E-state index in [2.05, 4.69) is 31.2 Å². The fraction of sp³-hybridized carbons (Fsp3) is 0. The average molecular weight is 282 g/mol. The molecular formula is C9H8BrN5O. The Morgan fingerprint density at radius 2 is 2.38 bits per heavy atom. The molecule has 0 aromatic carbocycles. The Morgan fingerprint density at radius 3 is 3.00 bits per heavy atom. The van der Waals surface area contributed by atoms with Gasteiger partial charge in [-0.25, -0.2) is 4.68 Å². The van der Waals surface area contributed by atoms with Crippen LogP contribution in [-0.2, 0) is 0 Å². The van der Waals surface area contributed by atoms with Gasteiger partial charge in [0, 0.05) is 12.4 Å². The van der Waals surface area contributed by atoms with Gasteiger partial charge >= 0.3 is 0 Å². The largest absolute Gasteiger partial charge is 0.409 e. The van der Waals surface area contributed by atoms with Crippen LogP contribution in [0.25, 0.3) is 5.69 Å². The van der Waals surface area contributed by atoms with Crippen LogP contribution in [0.4, 0.5) is 0 Å². The number of nitrogens with zero attached hydrogens (tertiary/aromatic N) is 4. The van der Waals surface area contributed by atoms with E-state index in [9.17, 15) is 0 Å². The molecule has 0 atom stereocenters. The van der Waals surface area contributed by atoms with Crippen LogP contribution in [0, 0.1) is 0 Å². The molecule has 82 valence electrons. The van der Waals surface area contributed by atoms with Crippen LogP contribution in [0.15, 0.2) is 40.4 Å². The summed E-state index contributed by atoms with van der Waals surface area (Å²) in [4.78, 5) is 3.97. The van der Waals surface area contributed by atoms with Crippen molar-refractivity contribution >= 4 is 21.8 Å². The smallest absolute Gasteiger partial charge is 0.188 e. The fourth-order valence-electron chi connectivity index (χ4n) is 1.20. The predicted octanol–water partition coefficient (Wildman–Crippen LogP) is 1.12. The number of rotatable bonds is 2. The minimum atomic E-state index is -0.0342. The van der Waals surface area contributed by atoms with Gasteiger partial charge in [0.25, 0.3) is 0 Å². The first-order chi connectivity index (χ1) is 7.70. The van der Waals surface area contributed by atoms with Crippen LogP contribution >= 0.6 is 15.9 Å². The molecule has 0 radical (unpaired) electrons. The third-order valence-electron chi connectivity index (χ3n) is 1.93. The molecule has 0 saturated heterocycles. The zero-order chi connectivity index (χ0) is 11.5. The molecule has 0 spiro atoms. The molecule has 0 aliphatic rings. The minimum Gasteiger partial charge on any atom is -0.409 e. The Labute approximate surface area is 99.5 Å². The minimum absolute atomic E-state index is 0.0342. The molecule has 0 aliphatic heterocycles. The first-order valence-corrected chi connectivity index (χ1v) is 5.14. The molecule has 3 N–H and O–H groups in total. The van der Waals surface area contributed by atoms with E-state index >= 15 is 0 Å². The first kappa shape index (κ1) is 10.6. The van der Waals surface area contributed by atoms with Gasteiger partial charge in [-0.2, -0.15) is 5.10 Å². The molecule has 0 fully saturated rings. The van der Waals surface area contributed by atoms with Crippen LogP contribution in [0.5, 0.6) is 0 Å². The number of hydrogen-bond donors (Lipinski definition) is 2. The third kappa shape index (κ3) is 2.03. The number of pyridine rings is 1. The van der Waals surface area contributed by atoms with Crippen molar-refractivity contribution in [3.8, 4) is 5.69 Å². The Balaban J connectivity index is 2.43. The molecule has 2 heterocycles. The summed E-state index contributed by atoms with van der Waals surface area (Å²) in [6, 6.07) is 3.45. The van der Waals surface area contributed by atoms with Crippen molar-refractivity contribution < 1.29 is 5.21 Å². The average Bonchev–Trinajstić information content (AvgIpc) is 2.75. The molecule has 16 heavy (non-hydrogen) atoms. The Hall–Kier alpha value is -1.89. The summed E-state index contributed by atoms with van der Waals surface area (Å²) in [5.74, 6) is -0.0342. The summed E-state index contributed by atoms with van der Waals surface area (Å²) in [6.45, 7) is 0. The Kier molecular flexibility index (Phi) is 2.86. The van der Waals surface area contributed by atoms with E-state index in [1.807, 2.05) is 0 Å². The standard InChI is InChI=1S/C9H8BrN5O/c10-6-4-13-15(5-6)7-1-2-12-8(3-7)9(11)14-16/h1-5,16H,(H2,11,14). The van der Waals surface area contributed by atoms with Gasteiger partial charge in [-0.3, -0.25) is 4.98 Å². The summed E-state index contributed by atoms with van der Waals surface area (Å²) in [5.41, 5.74) is 6.62. The Bertz CT molecular complexity index is 536. The maximum absolute atomic E-state index is 8.55. The normalized spacial score (nSPS) is 11.7. The van der Waals surface area contributed by atoms with Crippen molar-refractivity contribution in [2.45, 2.75) is 0 Å². The van der Waals surface area contributed by atoms with Crippen LogP contribution in [-0.4, -0.2) is 25.8 Å². The number of oxime groups is 1. The zero-order valence-corrected chi connectivity index (χ0v) is 9.66. The van der Waals surface area contributed by atoms with Gasteiger partial charge in [-0.15, -0.1) is 0 Å². The van der Waals surface area contributed by atoms with Gasteiger partial charge in [-0.05, 0) is 28.1 Å². The van der Waals surface area contributed by atoms with Crippen molar-refractivity contribution in [2.75, 3.05) is 0 Å². The van der Waals surface area contributed by atoms with E-state index in [1.165, 1.54) is 0 Å². The highest BCUT2D eigenvalue weighted by Gasteiger charge is 2.04. The second kappa shape index (κ2) is 4.31. The van der Waals surface area contributed by atoms with Crippen molar-refractivity contribution in [1.29, 1.82) is 0 Å². The van der Waals surface area contributed by atoms with Crippen LogP contribution in [0.1, 0.15) is 5.69 Å². The van der Waals surface area contributed by atoms with Crippen molar-refractivity contribution in [2.24, 2.45) is 10.9 Å². The number of aromatic nitrogens is 3. The predicted molar refractivity (Wildman–Crippen MR) is 61.6 cm³/mol. The number of halogens is 1. The van der Waals surface area contributed by atoms with Crippen molar-refractivity contribution in [3.05, 3.63) is 40.9 Å². The highest BCUT2D eigenvalue weighted by Crippen LogP contribution is 2.12. The molecule has 0 bridgehead atoms. The maximum Gasteiger partial charge on any atom is 0.188 e. The highest BCUT2D eigenvalue weighted by atomic mass is 79.9. The molecule has 0 amide bonds. The summed E-state index contributed by atoms with van der Waals surface area (Å²) in [5, 5.41) is 15.5. The second-order valence-corrected chi connectivity index (χ2v) is 3.90. The monoisotopic (exact) mass is 281 g/mol. The van der Waals surface area contributed by atoms with Gasteiger partial charge in [0.05, 0.1) is 16.4 Å². The lowest BCUT2D eigenvalue weighted by molar-refractivity contribution is 0.318. The molecule has 7 heteroatoms. The van der Waals surface area contributed by atoms with Crippen LogP contribution < -0.4 is 5.73 Å². The number of nitrogens with two attached hydrogens (primary N) is 1. The van der Waals surface area contributed by atoms with E-state index in [0.29, 0.717) is 5.69 Å². The third-order valence-corrected chi connectivity index (χ3v) is 2.34. The van der Waals surface area contributed by atoms with E-state index in [0.717, 1.165) is 10.2 Å². The van der Waals surface area contributed by atoms with Gasteiger partial charge in [0.2, 0.25) is 0 Å². The summed E-state index contributed by atoms with van der Waals surface area (Å²) < 4.78 is 2.52.